The first-order valence-electron chi connectivity index (χ1n) is 42.1. The molecule has 4 aliphatic carbocycles. The summed E-state index contributed by atoms with van der Waals surface area (Å²) < 4.78 is 0. The van der Waals surface area contributed by atoms with E-state index in [1.165, 1.54) is 140 Å². The summed E-state index contributed by atoms with van der Waals surface area (Å²) >= 11 is 12.2. The van der Waals surface area contributed by atoms with Crippen molar-refractivity contribution < 1.29 is 59.4 Å². The van der Waals surface area contributed by atoms with E-state index in [0.717, 1.165) is 86.9 Å². The number of rotatable bonds is 33. The number of hydrogen-bond acceptors (Lipinski definition) is 24. The Morgan fingerprint density at radius 3 is 0.888 bits per heavy atom. The van der Waals surface area contributed by atoms with Crippen molar-refractivity contribution in [1.82, 2.24) is 59.8 Å². The average molecular weight is 1730 g/mol. The monoisotopic (exact) mass is 1720 g/mol. The Bertz CT molecular complexity index is 5070. The lowest BCUT2D eigenvalue weighted by atomic mass is 9.48. The smallest absolute Gasteiger partial charge is 0.191 e. The molecule has 0 radical (unpaired) electrons. The van der Waals surface area contributed by atoms with Gasteiger partial charge in [0.05, 0.1) is 33.4 Å². The van der Waals surface area contributed by atoms with E-state index in [1.54, 1.807) is 12.4 Å². The van der Waals surface area contributed by atoms with Gasteiger partial charge in [0.15, 0.2) is 34.7 Å². The molecule has 12 aromatic rings. The number of aliphatic hydroxyl groups excluding tert-OH is 6. The van der Waals surface area contributed by atoms with Crippen molar-refractivity contribution in [3.8, 4) is 11.1 Å². The van der Waals surface area contributed by atoms with Gasteiger partial charge in [-0.25, -0.2) is 59.8 Å². The van der Waals surface area contributed by atoms with Crippen LogP contribution in [-0.2, 0) is 51.4 Å². The Labute approximate surface area is 738 Å². The molecule has 3 atom stereocenters. The third-order valence-corrected chi connectivity index (χ3v) is 23.2. The van der Waals surface area contributed by atoms with Gasteiger partial charge < -0.3 is 30.6 Å². The standard InChI is InChI=1S/C21H20N2O2.C18H24N2O2.C15H14Cl2N2O2.3C15H16N2O2/c24-15-20(25)18-13-22-21(23-14-18)12-6-10-17-9-4-5-11-19(17)16-7-2-1-3-8-16;21-11-16(22)15-9-19-17(20-10-15)1-2-18-6-12-3-13(7-18)5-14(4-12)8-18;16-12-4-2-5-13(17)11(12)3-1-6-15-18-7-10(8-19-15)14(21)9-20;3*1-11(12-5-3-2-4-6-12)7-15-16-8-13(9-17-15)14(19)10-18/h1-5,7-9,11,13-14,24H,6,10,12,15H2;9-10,12-14,21H,1-8,11H2;2,4-5,7-8,20H,1,3,6,9H2;3*2-6,8-9,11,18H,7,10H2,1H3/t;;;3*11-/m...110/s1. The molecule has 4 saturated carbocycles. The number of aliphatic hydroxyl groups is 6. The number of carbonyl (C=O) groups excluding carboxylic acids is 6. The van der Waals surface area contributed by atoms with E-state index in [4.69, 9.17) is 53.8 Å². The summed E-state index contributed by atoms with van der Waals surface area (Å²) in [7, 11) is 0. The minimum atomic E-state index is -0.534. The van der Waals surface area contributed by atoms with Crippen molar-refractivity contribution in [3.63, 3.8) is 0 Å². The van der Waals surface area contributed by atoms with Crippen molar-refractivity contribution in [2.45, 2.75) is 148 Å². The summed E-state index contributed by atoms with van der Waals surface area (Å²) in [6.45, 7) is 3.29. The number of Topliss-reactive ketones (excluding diaryl/α,β-unsaturated/α-hetero) is 6. The second-order valence-electron chi connectivity index (χ2n) is 31.7. The fourth-order valence-electron chi connectivity index (χ4n) is 16.0. The van der Waals surface area contributed by atoms with Gasteiger partial charge in [-0.2, -0.15) is 0 Å². The lowest BCUT2D eigenvalue weighted by molar-refractivity contribution is -0.0572. The van der Waals surface area contributed by atoms with Crippen LogP contribution in [0.15, 0.2) is 238 Å². The molecular formula is C99H106Cl2N12O12. The molecule has 4 bridgehead atoms. The Morgan fingerprint density at radius 2 is 0.584 bits per heavy atom. The topological polar surface area (TPSA) is 378 Å². The summed E-state index contributed by atoms with van der Waals surface area (Å²) in [5, 5.41) is 54.0. The SMILES string of the molecule is C[C@@H](Cc1ncc(C(=O)CO)cn1)c1ccccc1.C[C@H](Cc1ncc(C(=O)CO)cn1)c1ccccc1.C[C@H](Cc1ncc(C(=O)CO)cn1)c1ccccc1.O=C(CO)c1cnc(CCC23CC4CC(CC(C4)C2)C3)nc1.O=C(CO)c1cnc(CCCc2c(Cl)cccc2Cl)nc1.O=C(CO)c1cnc(CCCc2ccccc2-c2ccccc2)nc1. The van der Waals surface area contributed by atoms with Crippen LogP contribution in [0.2, 0.25) is 10.0 Å². The van der Waals surface area contributed by atoms with Gasteiger partial charge >= 0.3 is 0 Å². The van der Waals surface area contributed by atoms with Crippen molar-refractivity contribution >= 4 is 57.9 Å². The number of halogens is 2. The Balaban J connectivity index is 0.000000157. The van der Waals surface area contributed by atoms with E-state index in [-0.39, 0.29) is 34.7 Å². The minimum Gasteiger partial charge on any atom is -0.388 e. The van der Waals surface area contributed by atoms with Gasteiger partial charge in [-0.05, 0) is 163 Å². The summed E-state index contributed by atoms with van der Waals surface area (Å²) in [4.78, 5) is 118. The Kier molecular flexibility index (Phi) is 37.9. The van der Waals surface area contributed by atoms with E-state index in [2.05, 4.69) is 166 Å². The lowest BCUT2D eigenvalue weighted by Gasteiger charge is -2.57. The van der Waals surface area contributed by atoms with Crippen molar-refractivity contribution in [3.05, 3.63) is 344 Å². The number of carbonyl (C=O) groups is 6. The average Bonchev–Trinajstić information content (AvgIpc) is 0.749. The van der Waals surface area contributed by atoms with E-state index in [1.807, 2.05) is 78.9 Å². The van der Waals surface area contributed by atoms with Crippen molar-refractivity contribution in [2.75, 3.05) is 39.6 Å². The number of ketones is 6. The van der Waals surface area contributed by atoms with Gasteiger partial charge in [-0.1, -0.05) is 196 Å². The summed E-state index contributed by atoms with van der Waals surface area (Å²) in [6, 6.07) is 54.7. The molecule has 0 saturated heterocycles. The highest BCUT2D eigenvalue weighted by Gasteiger charge is 2.50. The van der Waals surface area contributed by atoms with Crippen LogP contribution in [0.5, 0.6) is 0 Å². The highest BCUT2D eigenvalue weighted by Crippen LogP contribution is 2.61. The molecule has 4 fully saturated rings. The van der Waals surface area contributed by atoms with Crippen molar-refractivity contribution in [2.24, 2.45) is 23.2 Å². The molecule has 26 heteroatoms. The molecule has 16 rings (SSSR count). The molecule has 0 aliphatic heterocycles. The predicted molar refractivity (Wildman–Crippen MR) is 478 cm³/mol. The number of nitrogens with zero attached hydrogens (tertiary/aromatic N) is 12. The van der Waals surface area contributed by atoms with Crippen molar-refractivity contribution in [1.29, 1.82) is 0 Å². The largest absolute Gasteiger partial charge is 0.388 e. The van der Waals surface area contributed by atoms with E-state index in [0.29, 0.717) is 102 Å². The molecule has 6 aromatic carbocycles. The number of hydrogen-bond donors (Lipinski definition) is 6. The molecule has 6 aromatic heterocycles. The van der Waals surface area contributed by atoms with Crippen LogP contribution in [0.3, 0.4) is 0 Å². The van der Waals surface area contributed by atoms with Gasteiger partial charge in [-0.15, -0.1) is 0 Å². The van der Waals surface area contributed by atoms with Crippen LogP contribution in [0.25, 0.3) is 11.1 Å². The first-order chi connectivity index (χ1) is 60.7. The number of benzene rings is 6. The molecule has 6 N–H and O–H groups in total. The van der Waals surface area contributed by atoms with Crippen LogP contribution in [0.4, 0.5) is 0 Å². The lowest BCUT2D eigenvalue weighted by Crippen LogP contribution is -2.46. The van der Waals surface area contributed by atoms with E-state index < -0.39 is 39.6 Å². The highest BCUT2D eigenvalue weighted by molar-refractivity contribution is 6.36. The van der Waals surface area contributed by atoms with E-state index in [9.17, 15) is 28.8 Å². The molecule has 4 aliphatic rings. The minimum absolute atomic E-state index is 0.312. The molecule has 648 valence electrons. The van der Waals surface area contributed by atoms with Crippen LogP contribution in [-0.4, -0.2) is 165 Å². The van der Waals surface area contributed by atoms with Crippen LogP contribution < -0.4 is 0 Å². The maximum absolute atomic E-state index is 11.4. The fourth-order valence-corrected chi connectivity index (χ4v) is 16.6. The zero-order valence-corrected chi connectivity index (χ0v) is 72.0. The third-order valence-electron chi connectivity index (χ3n) is 22.5. The molecule has 0 amide bonds. The molecule has 6 heterocycles. The Morgan fingerprint density at radius 1 is 0.320 bits per heavy atom. The van der Waals surface area contributed by atoms with Gasteiger partial charge in [0.1, 0.15) is 74.6 Å². The number of aryl methyl sites for hydroxylation is 4. The third kappa shape index (κ3) is 29.7. The van der Waals surface area contributed by atoms with Gasteiger partial charge in [0.25, 0.3) is 0 Å². The second kappa shape index (κ2) is 49.6. The Hall–Kier alpha value is -11.8. The maximum atomic E-state index is 11.4. The molecule has 24 nitrogen and oxygen atoms in total. The summed E-state index contributed by atoms with van der Waals surface area (Å²) in [5.41, 5.74) is 11.1. The molecule has 0 spiro atoms. The summed E-state index contributed by atoms with van der Waals surface area (Å²) in [5.74, 6) is 6.08. The van der Waals surface area contributed by atoms with Gasteiger partial charge in [0, 0.05) is 123 Å². The van der Waals surface area contributed by atoms with Crippen LogP contribution in [0.1, 0.15) is 221 Å². The fraction of sp³-hybridized carbons (Fsp3) is 0.333. The van der Waals surface area contributed by atoms with Gasteiger partial charge in [-0.3, -0.25) is 28.8 Å². The first-order valence-corrected chi connectivity index (χ1v) is 42.8. The normalized spacial score (nSPS) is 15.7. The second-order valence-corrected chi connectivity index (χ2v) is 32.5. The number of aromatic nitrogens is 12. The zero-order chi connectivity index (χ0) is 88.9. The maximum Gasteiger partial charge on any atom is 0.191 e. The first kappa shape index (κ1) is 95.4. The molecular weight excluding hydrogens is 1620 g/mol. The van der Waals surface area contributed by atoms with E-state index >= 15 is 0 Å². The predicted octanol–water partition coefficient (Wildman–Crippen LogP) is 15.4. The quantitative estimate of drug-likeness (QED) is 0.0208. The highest BCUT2D eigenvalue weighted by atomic mass is 35.5. The van der Waals surface area contributed by atoms with Crippen LogP contribution >= 0.6 is 23.2 Å². The van der Waals surface area contributed by atoms with Gasteiger partial charge in [0.2, 0.25) is 0 Å². The molecule has 0 unspecified atom stereocenters. The van der Waals surface area contributed by atoms with Crippen LogP contribution in [0, 0.1) is 23.2 Å². The molecule has 125 heavy (non-hydrogen) atoms. The zero-order valence-electron chi connectivity index (χ0n) is 70.5. The summed E-state index contributed by atoms with van der Waals surface area (Å²) in [6.07, 6.45) is 35.5.